The molecule has 2 amide bonds. The van der Waals surface area contributed by atoms with Gasteiger partial charge in [-0.05, 0) is 48.6 Å². The zero-order valence-electron chi connectivity index (χ0n) is 18.4. The van der Waals surface area contributed by atoms with Crippen molar-refractivity contribution in [3.63, 3.8) is 0 Å². The Morgan fingerprint density at radius 2 is 1.79 bits per heavy atom. The molecular formula is C27H27N5O. The predicted molar refractivity (Wildman–Crippen MR) is 128 cm³/mol. The van der Waals surface area contributed by atoms with E-state index in [1.165, 1.54) is 11.1 Å². The van der Waals surface area contributed by atoms with Crippen LogP contribution >= 0.6 is 0 Å². The number of benzene rings is 2. The highest BCUT2D eigenvalue weighted by molar-refractivity contribution is 5.74. The quantitative estimate of drug-likeness (QED) is 0.464. The molecular weight excluding hydrogens is 410 g/mol. The molecule has 33 heavy (non-hydrogen) atoms. The number of aryl methyl sites for hydroxylation is 1. The molecule has 2 unspecified atom stereocenters. The first-order valence-electron chi connectivity index (χ1n) is 11.4. The first-order chi connectivity index (χ1) is 16.3. The number of fused-ring (bicyclic) bond motifs is 3. The van der Waals surface area contributed by atoms with Crippen molar-refractivity contribution in [1.29, 1.82) is 0 Å². The zero-order chi connectivity index (χ0) is 22.5. The number of pyridine rings is 1. The molecule has 0 spiro atoms. The van der Waals surface area contributed by atoms with E-state index >= 15 is 0 Å². The van der Waals surface area contributed by atoms with Crippen molar-refractivity contribution >= 4 is 6.03 Å². The summed E-state index contributed by atoms with van der Waals surface area (Å²) in [5.41, 5.74) is 4.59. The maximum Gasteiger partial charge on any atom is 0.315 e. The molecule has 0 saturated carbocycles. The number of nitrogens with one attached hydrogen (secondary N) is 2. The van der Waals surface area contributed by atoms with Crippen molar-refractivity contribution < 1.29 is 4.79 Å². The van der Waals surface area contributed by atoms with Crippen LogP contribution in [-0.2, 0) is 12.8 Å². The average Bonchev–Trinajstić information content (AvgIpc) is 3.30. The van der Waals surface area contributed by atoms with Gasteiger partial charge in [-0.3, -0.25) is 4.98 Å². The third kappa shape index (κ3) is 4.80. The predicted octanol–water partition coefficient (Wildman–Crippen LogP) is 4.58. The minimum Gasteiger partial charge on any atom is -0.337 e. The van der Waals surface area contributed by atoms with Gasteiger partial charge in [0.05, 0.1) is 6.04 Å². The lowest BCUT2D eigenvalue weighted by Gasteiger charge is -2.20. The normalized spacial score (nSPS) is 15.6. The Morgan fingerprint density at radius 3 is 2.64 bits per heavy atom. The molecule has 6 heteroatoms. The minimum absolute atomic E-state index is 0.0831. The summed E-state index contributed by atoms with van der Waals surface area (Å²) in [7, 11) is 0. The lowest BCUT2D eigenvalue weighted by Crippen LogP contribution is -2.40. The summed E-state index contributed by atoms with van der Waals surface area (Å²) in [6, 6.07) is 24.2. The van der Waals surface area contributed by atoms with Crippen LogP contribution in [0, 0.1) is 0 Å². The molecule has 3 heterocycles. The topological polar surface area (TPSA) is 71.8 Å². The summed E-state index contributed by atoms with van der Waals surface area (Å²) in [5, 5.41) is 6.24. The summed E-state index contributed by atoms with van der Waals surface area (Å²) < 4.78 is 2.08. The molecule has 0 saturated heterocycles. The number of hydrogen-bond donors (Lipinski definition) is 2. The number of aromatic nitrogens is 3. The zero-order valence-corrected chi connectivity index (χ0v) is 18.4. The van der Waals surface area contributed by atoms with Crippen LogP contribution in [0.3, 0.4) is 0 Å². The molecule has 2 aromatic heterocycles. The van der Waals surface area contributed by atoms with E-state index in [0.29, 0.717) is 6.54 Å². The number of para-hydroxylation sites is 1. The Hall–Kier alpha value is -3.93. The molecule has 0 aliphatic carbocycles. The van der Waals surface area contributed by atoms with E-state index in [4.69, 9.17) is 0 Å². The van der Waals surface area contributed by atoms with Gasteiger partial charge in [-0.1, -0.05) is 54.6 Å². The maximum atomic E-state index is 12.9. The molecule has 5 rings (SSSR count). The van der Waals surface area contributed by atoms with Gasteiger partial charge in [0.1, 0.15) is 5.82 Å². The lowest BCUT2D eigenvalue weighted by atomic mass is 9.95. The van der Waals surface area contributed by atoms with Gasteiger partial charge >= 0.3 is 6.03 Å². The molecule has 6 nitrogen and oxygen atoms in total. The Kier molecular flexibility index (Phi) is 6.15. The fourth-order valence-electron chi connectivity index (χ4n) is 4.52. The SMILES string of the molecule is O=C(NCC(Cc1ccccc1)c1ccccn1)NC1CCc2ccccc2-n2ccnc21. The maximum absolute atomic E-state index is 12.9. The number of rotatable bonds is 6. The number of amides is 2. The molecule has 4 aromatic rings. The van der Waals surface area contributed by atoms with Crippen LogP contribution in [-0.4, -0.2) is 27.1 Å². The third-order valence-electron chi connectivity index (χ3n) is 6.18. The first kappa shape index (κ1) is 20.9. The summed E-state index contributed by atoms with van der Waals surface area (Å²) in [5.74, 6) is 0.945. The Labute approximate surface area is 193 Å². The van der Waals surface area contributed by atoms with E-state index < -0.39 is 0 Å². The van der Waals surface area contributed by atoms with Gasteiger partial charge in [-0.25, -0.2) is 9.78 Å². The second-order valence-electron chi connectivity index (χ2n) is 8.37. The van der Waals surface area contributed by atoms with Crippen LogP contribution in [0.15, 0.2) is 91.4 Å². The van der Waals surface area contributed by atoms with E-state index in [1.807, 2.05) is 48.7 Å². The molecule has 0 radical (unpaired) electrons. The van der Waals surface area contributed by atoms with Crippen LogP contribution in [0.4, 0.5) is 4.79 Å². The van der Waals surface area contributed by atoms with Gasteiger partial charge < -0.3 is 15.2 Å². The average molecular weight is 438 g/mol. The molecule has 166 valence electrons. The fraction of sp³-hybridized carbons (Fsp3) is 0.222. The fourth-order valence-corrected chi connectivity index (χ4v) is 4.52. The molecule has 2 N–H and O–H groups in total. The van der Waals surface area contributed by atoms with Crippen molar-refractivity contribution in [2.45, 2.75) is 31.2 Å². The summed E-state index contributed by atoms with van der Waals surface area (Å²) in [6.45, 7) is 0.499. The number of carbonyl (C=O) groups excluding carboxylic acids is 1. The summed E-state index contributed by atoms with van der Waals surface area (Å²) >= 11 is 0. The van der Waals surface area contributed by atoms with Crippen LogP contribution in [0.2, 0.25) is 0 Å². The van der Waals surface area contributed by atoms with Crippen LogP contribution in [0.1, 0.15) is 41.0 Å². The third-order valence-corrected chi connectivity index (χ3v) is 6.18. The second kappa shape index (κ2) is 9.69. The first-order valence-corrected chi connectivity index (χ1v) is 11.4. The van der Waals surface area contributed by atoms with E-state index in [-0.39, 0.29) is 18.0 Å². The Bertz CT molecular complexity index is 1210. The van der Waals surface area contributed by atoms with E-state index in [2.05, 4.69) is 55.5 Å². The van der Waals surface area contributed by atoms with Gasteiger partial charge in [0.15, 0.2) is 0 Å². The summed E-state index contributed by atoms with van der Waals surface area (Å²) in [4.78, 5) is 22.0. The van der Waals surface area contributed by atoms with Crippen molar-refractivity contribution in [2.24, 2.45) is 0 Å². The molecule has 0 fully saturated rings. The van der Waals surface area contributed by atoms with Gasteiger partial charge in [0, 0.05) is 42.4 Å². The van der Waals surface area contributed by atoms with Gasteiger partial charge in [-0.2, -0.15) is 0 Å². The van der Waals surface area contributed by atoms with Crippen molar-refractivity contribution in [3.05, 3.63) is 114 Å². The Balaban J connectivity index is 1.27. The van der Waals surface area contributed by atoms with Crippen LogP contribution in [0.25, 0.3) is 5.69 Å². The number of urea groups is 1. The van der Waals surface area contributed by atoms with Crippen molar-refractivity contribution in [3.8, 4) is 5.69 Å². The molecule has 1 aliphatic heterocycles. The van der Waals surface area contributed by atoms with Crippen LogP contribution < -0.4 is 10.6 Å². The number of nitrogens with zero attached hydrogens (tertiary/aromatic N) is 3. The smallest absolute Gasteiger partial charge is 0.315 e. The highest BCUT2D eigenvalue weighted by atomic mass is 16.2. The number of hydrogen-bond acceptors (Lipinski definition) is 3. The van der Waals surface area contributed by atoms with Crippen LogP contribution in [0.5, 0.6) is 0 Å². The Morgan fingerprint density at radius 1 is 0.970 bits per heavy atom. The van der Waals surface area contributed by atoms with E-state index in [9.17, 15) is 4.79 Å². The lowest BCUT2D eigenvalue weighted by molar-refractivity contribution is 0.235. The number of carbonyl (C=O) groups is 1. The molecule has 1 aliphatic rings. The standard InChI is InChI=1S/C27H27N5O/c33-27(30-19-22(23-11-6-7-15-28-23)18-20-8-2-1-3-9-20)31-24-14-13-21-10-4-5-12-25(21)32-17-16-29-26(24)32/h1-12,15-17,22,24H,13-14,18-19H2,(H2,30,31,33). The molecule has 0 bridgehead atoms. The van der Waals surface area contributed by atoms with Crippen molar-refractivity contribution in [2.75, 3.05) is 6.54 Å². The number of imidazole rings is 1. The van der Waals surface area contributed by atoms with Gasteiger partial charge in [0.25, 0.3) is 0 Å². The second-order valence-corrected chi connectivity index (χ2v) is 8.37. The minimum atomic E-state index is -0.186. The largest absolute Gasteiger partial charge is 0.337 e. The van der Waals surface area contributed by atoms with E-state index in [0.717, 1.165) is 36.5 Å². The monoisotopic (exact) mass is 437 g/mol. The van der Waals surface area contributed by atoms with Crippen molar-refractivity contribution in [1.82, 2.24) is 25.2 Å². The van der Waals surface area contributed by atoms with Gasteiger partial charge in [-0.15, -0.1) is 0 Å². The molecule has 2 atom stereocenters. The van der Waals surface area contributed by atoms with Gasteiger partial charge in [0.2, 0.25) is 0 Å². The highest BCUT2D eigenvalue weighted by Crippen LogP contribution is 2.28. The highest BCUT2D eigenvalue weighted by Gasteiger charge is 2.25. The summed E-state index contributed by atoms with van der Waals surface area (Å²) in [6.07, 6.45) is 8.05. The molecule has 2 aromatic carbocycles. The van der Waals surface area contributed by atoms with E-state index in [1.54, 1.807) is 12.4 Å².